The van der Waals surface area contributed by atoms with Gasteiger partial charge in [0.1, 0.15) is 5.75 Å². The topological polar surface area (TPSA) is 55.6 Å². The molecule has 2 rings (SSSR count). The Kier molecular flexibility index (Phi) is 5.01. The van der Waals surface area contributed by atoms with Crippen molar-refractivity contribution in [1.82, 2.24) is 4.90 Å². The van der Waals surface area contributed by atoms with Gasteiger partial charge in [-0.05, 0) is 44.7 Å². The van der Waals surface area contributed by atoms with Crippen LogP contribution in [0.5, 0.6) is 5.75 Å². The van der Waals surface area contributed by atoms with Crippen LogP contribution in [0.15, 0.2) is 18.2 Å². The highest BCUT2D eigenvalue weighted by atomic mass is 16.5. The zero-order valence-electron chi connectivity index (χ0n) is 12.4. The summed E-state index contributed by atoms with van der Waals surface area (Å²) in [5.41, 5.74) is 8.00. The monoisotopic (exact) mass is 276 g/mol. The maximum atomic E-state index is 12.3. The van der Waals surface area contributed by atoms with E-state index in [2.05, 4.69) is 6.07 Å². The summed E-state index contributed by atoms with van der Waals surface area (Å²) in [7, 11) is 0. The van der Waals surface area contributed by atoms with E-state index in [1.165, 1.54) is 5.56 Å². The van der Waals surface area contributed by atoms with Crippen molar-refractivity contribution in [2.45, 2.75) is 39.2 Å². The lowest BCUT2D eigenvalue weighted by Gasteiger charge is -2.35. The summed E-state index contributed by atoms with van der Waals surface area (Å²) in [6, 6.07) is 6.16. The molecule has 1 aliphatic rings. The van der Waals surface area contributed by atoms with E-state index in [0.29, 0.717) is 6.54 Å². The Balaban J connectivity index is 1.94. The maximum Gasteiger partial charge on any atom is 0.260 e. The molecule has 0 aliphatic carbocycles. The lowest BCUT2D eigenvalue weighted by Crippen LogP contribution is -2.49. The molecule has 0 bridgehead atoms. The minimum Gasteiger partial charge on any atom is -0.484 e. The number of hydrogen-bond acceptors (Lipinski definition) is 3. The third-order valence-electron chi connectivity index (χ3n) is 3.90. The predicted octanol–water partition coefficient (Wildman–Crippen LogP) is 2.02. The molecule has 0 spiro atoms. The largest absolute Gasteiger partial charge is 0.484 e. The number of nitrogens with zero attached hydrogens (tertiary/aromatic N) is 1. The van der Waals surface area contributed by atoms with Crippen molar-refractivity contribution < 1.29 is 9.53 Å². The molecule has 1 heterocycles. The smallest absolute Gasteiger partial charge is 0.260 e. The summed E-state index contributed by atoms with van der Waals surface area (Å²) in [6.07, 6.45) is 3.22. The first-order valence-electron chi connectivity index (χ1n) is 7.31. The number of nitrogens with two attached hydrogens (primary N) is 1. The molecule has 1 aromatic rings. The Labute approximate surface area is 120 Å². The number of hydrogen-bond donors (Lipinski definition) is 1. The molecule has 1 unspecified atom stereocenters. The first-order valence-corrected chi connectivity index (χ1v) is 7.31. The van der Waals surface area contributed by atoms with Crippen LogP contribution < -0.4 is 10.5 Å². The molecule has 1 fully saturated rings. The molecule has 20 heavy (non-hydrogen) atoms. The molecule has 4 nitrogen and oxygen atoms in total. The van der Waals surface area contributed by atoms with Crippen LogP contribution in [0.1, 0.15) is 30.4 Å². The lowest BCUT2D eigenvalue weighted by atomic mass is 10.0. The second-order valence-corrected chi connectivity index (χ2v) is 5.53. The van der Waals surface area contributed by atoms with E-state index >= 15 is 0 Å². The Morgan fingerprint density at radius 3 is 2.90 bits per heavy atom. The number of ether oxygens (including phenoxy) is 1. The Bertz CT molecular complexity index is 474. The van der Waals surface area contributed by atoms with Crippen molar-refractivity contribution in [3.63, 3.8) is 0 Å². The summed E-state index contributed by atoms with van der Waals surface area (Å²) in [4.78, 5) is 14.1. The van der Waals surface area contributed by atoms with Crippen molar-refractivity contribution in [3.05, 3.63) is 29.3 Å². The highest BCUT2D eigenvalue weighted by Crippen LogP contribution is 2.20. The molecule has 0 saturated carbocycles. The van der Waals surface area contributed by atoms with Crippen molar-refractivity contribution in [2.75, 3.05) is 19.7 Å². The Morgan fingerprint density at radius 2 is 2.20 bits per heavy atom. The van der Waals surface area contributed by atoms with Crippen LogP contribution in [-0.2, 0) is 4.79 Å². The fraction of sp³-hybridized carbons (Fsp3) is 0.562. The summed E-state index contributed by atoms with van der Waals surface area (Å²) in [5.74, 6) is 0.824. The number of piperidine rings is 1. The molecule has 0 aromatic heterocycles. The minimum atomic E-state index is 0.0418. The fourth-order valence-corrected chi connectivity index (χ4v) is 2.76. The molecular formula is C16H24N2O2. The fourth-order valence-electron chi connectivity index (χ4n) is 2.76. The number of benzene rings is 1. The van der Waals surface area contributed by atoms with Gasteiger partial charge < -0.3 is 15.4 Å². The number of likely N-dealkylation sites (tertiary alicyclic amines) is 1. The summed E-state index contributed by atoms with van der Waals surface area (Å²) in [6.45, 7) is 5.48. The molecule has 1 aliphatic heterocycles. The average Bonchev–Trinajstić information content (AvgIpc) is 2.46. The molecule has 1 atom stereocenters. The van der Waals surface area contributed by atoms with E-state index in [0.717, 1.165) is 37.1 Å². The van der Waals surface area contributed by atoms with Gasteiger partial charge in [-0.25, -0.2) is 0 Å². The van der Waals surface area contributed by atoms with Gasteiger partial charge >= 0.3 is 0 Å². The third-order valence-corrected chi connectivity index (χ3v) is 3.90. The normalized spacial score (nSPS) is 18.9. The second kappa shape index (κ2) is 6.75. The average molecular weight is 276 g/mol. The SMILES string of the molecule is Cc1ccc(OCC(=O)N2CCCCC2CN)c(C)c1. The van der Waals surface area contributed by atoms with Gasteiger partial charge in [-0.1, -0.05) is 17.7 Å². The van der Waals surface area contributed by atoms with Crippen LogP contribution >= 0.6 is 0 Å². The standard InChI is InChI=1S/C16H24N2O2/c1-12-6-7-15(13(2)9-12)20-11-16(19)18-8-4-3-5-14(18)10-17/h6-7,9,14H,3-5,8,10-11,17H2,1-2H3. The van der Waals surface area contributed by atoms with Crippen molar-refractivity contribution in [2.24, 2.45) is 5.73 Å². The van der Waals surface area contributed by atoms with E-state index < -0.39 is 0 Å². The van der Waals surface area contributed by atoms with Gasteiger partial charge in [-0.15, -0.1) is 0 Å². The van der Waals surface area contributed by atoms with Crippen LogP contribution in [-0.4, -0.2) is 36.5 Å². The summed E-state index contributed by atoms with van der Waals surface area (Å²) >= 11 is 0. The Hall–Kier alpha value is -1.55. The van der Waals surface area contributed by atoms with E-state index in [9.17, 15) is 4.79 Å². The summed E-state index contributed by atoms with van der Waals surface area (Å²) in [5, 5.41) is 0. The van der Waals surface area contributed by atoms with E-state index in [4.69, 9.17) is 10.5 Å². The zero-order valence-corrected chi connectivity index (χ0v) is 12.4. The molecular weight excluding hydrogens is 252 g/mol. The van der Waals surface area contributed by atoms with Crippen LogP contribution in [0.3, 0.4) is 0 Å². The second-order valence-electron chi connectivity index (χ2n) is 5.53. The number of carbonyl (C=O) groups is 1. The molecule has 2 N–H and O–H groups in total. The zero-order chi connectivity index (χ0) is 14.5. The minimum absolute atomic E-state index is 0.0418. The van der Waals surface area contributed by atoms with E-state index in [-0.39, 0.29) is 18.6 Å². The van der Waals surface area contributed by atoms with Crippen LogP contribution in [0, 0.1) is 13.8 Å². The van der Waals surface area contributed by atoms with Gasteiger partial charge in [0.15, 0.2) is 6.61 Å². The first-order chi connectivity index (χ1) is 9.61. The van der Waals surface area contributed by atoms with Gasteiger partial charge in [-0.3, -0.25) is 4.79 Å². The van der Waals surface area contributed by atoms with Crippen molar-refractivity contribution in [3.8, 4) is 5.75 Å². The molecule has 1 saturated heterocycles. The van der Waals surface area contributed by atoms with Gasteiger partial charge in [0.2, 0.25) is 0 Å². The number of amides is 1. The van der Waals surface area contributed by atoms with Crippen molar-refractivity contribution >= 4 is 5.91 Å². The molecule has 110 valence electrons. The number of aryl methyl sites for hydroxylation is 2. The quantitative estimate of drug-likeness (QED) is 0.915. The summed E-state index contributed by atoms with van der Waals surface area (Å²) < 4.78 is 5.67. The van der Waals surface area contributed by atoms with E-state index in [1.807, 2.05) is 30.9 Å². The van der Waals surface area contributed by atoms with Crippen LogP contribution in [0.2, 0.25) is 0 Å². The van der Waals surface area contributed by atoms with Gasteiger partial charge in [-0.2, -0.15) is 0 Å². The lowest BCUT2D eigenvalue weighted by molar-refractivity contribution is -0.136. The van der Waals surface area contributed by atoms with Crippen LogP contribution in [0.4, 0.5) is 0 Å². The number of carbonyl (C=O) groups excluding carboxylic acids is 1. The van der Waals surface area contributed by atoms with Crippen LogP contribution in [0.25, 0.3) is 0 Å². The highest BCUT2D eigenvalue weighted by molar-refractivity contribution is 5.78. The van der Waals surface area contributed by atoms with E-state index in [1.54, 1.807) is 0 Å². The van der Waals surface area contributed by atoms with Gasteiger partial charge in [0, 0.05) is 19.1 Å². The first kappa shape index (κ1) is 14.9. The van der Waals surface area contributed by atoms with Crippen molar-refractivity contribution in [1.29, 1.82) is 0 Å². The van der Waals surface area contributed by atoms with Gasteiger partial charge in [0.25, 0.3) is 5.91 Å². The molecule has 0 radical (unpaired) electrons. The molecule has 1 amide bonds. The highest BCUT2D eigenvalue weighted by Gasteiger charge is 2.25. The van der Waals surface area contributed by atoms with Gasteiger partial charge in [0.05, 0.1) is 0 Å². The number of rotatable bonds is 4. The Morgan fingerprint density at radius 1 is 1.40 bits per heavy atom. The maximum absolute atomic E-state index is 12.3. The molecule has 4 heteroatoms. The predicted molar refractivity (Wildman–Crippen MR) is 79.8 cm³/mol. The molecule has 1 aromatic carbocycles. The third kappa shape index (κ3) is 3.51.